The molecule has 2 N–H and O–H groups in total. The van der Waals surface area contributed by atoms with Gasteiger partial charge in [-0.1, -0.05) is 42.5 Å². The van der Waals surface area contributed by atoms with Gasteiger partial charge in [0.25, 0.3) is 0 Å². The number of halogens is 2. The second kappa shape index (κ2) is 8.06. The van der Waals surface area contributed by atoms with Crippen molar-refractivity contribution in [3.05, 3.63) is 102 Å². The predicted octanol–water partition coefficient (Wildman–Crippen LogP) is 5.90. The van der Waals surface area contributed by atoms with Gasteiger partial charge in [-0.2, -0.15) is 0 Å². The smallest absolute Gasteiger partial charge is 0.249 e. The Morgan fingerprint density at radius 2 is 1.64 bits per heavy atom. The van der Waals surface area contributed by atoms with Gasteiger partial charge in [0.2, 0.25) is 5.91 Å². The Morgan fingerprint density at radius 1 is 0.909 bits per heavy atom. The quantitative estimate of drug-likeness (QED) is 0.369. The van der Waals surface area contributed by atoms with E-state index in [1.807, 2.05) is 53.1 Å². The van der Waals surface area contributed by atoms with Gasteiger partial charge in [-0.25, -0.2) is 8.78 Å². The number of rotatable bonds is 5. The highest BCUT2D eigenvalue weighted by Crippen LogP contribution is 2.35. The molecule has 0 aliphatic carbocycles. The summed E-state index contributed by atoms with van der Waals surface area (Å²) >= 11 is 0. The van der Waals surface area contributed by atoms with Crippen molar-refractivity contribution in [3.63, 3.8) is 0 Å². The van der Waals surface area contributed by atoms with Crippen LogP contribution in [0.5, 0.6) is 5.75 Å². The molecule has 0 unspecified atom stereocenters. The van der Waals surface area contributed by atoms with Crippen molar-refractivity contribution in [3.8, 4) is 16.9 Å². The number of amides is 1. The summed E-state index contributed by atoms with van der Waals surface area (Å²) in [5.74, 6) is -1.58. The normalized spacial score (nSPS) is 11.2. The molecule has 0 aliphatic heterocycles. The van der Waals surface area contributed by atoms with Gasteiger partial charge in [0.05, 0.1) is 24.7 Å². The molecule has 1 amide bonds. The molecule has 164 valence electrons. The lowest BCUT2D eigenvalue weighted by atomic mass is 10.0. The number of aromatic nitrogens is 1. The first-order valence-corrected chi connectivity index (χ1v) is 10.4. The minimum atomic E-state index is -0.898. The summed E-state index contributed by atoms with van der Waals surface area (Å²) in [7, 11) is 1.61. The summed E-state index contributed by atoms with van der Waals surface area (Å²) in [5.41, 5.74) is 9.67. The van der Waals surface area contributed by atoms with Gasteiger partial charge in [-0.15, -0.1) is 0 Å². The van der Waals surface area contributed by atoms with Crippen molar-refractivity contribution in [2.45, 2.75) is 6.54 Å². The topological polar surface area (TPSA) is 57.2 Å². The fourth-order valence-corrected chi connectivity index (χ4v) is 4.32. The highest BCUT2D eigenvalue weighted by atomic mass is 19.2. The van der Waals surface area contributed by atoms with Gasteiger partial charge >= 0.3 is 0 Å². The summed E-state index contributed by atoms with van der Waals surface area (Å²) in [6, 6.07) is 23.0. The number of benzene rings is 4. The number of nitrogens with two attached hydrogens (primary N) is 1. The molecule has 4 nitrogen and oxygen atoms in total. The first-order valence-electron chi connectivity index (χ1n) is 10.4. The van der Waals surface area contributed by atoms with Crippen LogP contribution in [0.4, 0.5) is 8.78 Å². The fourth-order valence-electron chi connectivity index (χ4n) is 4.32. The van der Waals surface area contributed by atoms with Crippen molar-refractivity contribution < 1.29 is 18.3 Å². The molecule has 0 saturated heterocycles. The number of ether oxygens (including phenoxy) is 1. The molecule has 1 aromatic heterocycles. The fraction of sp³-hybridized carbons (Fsp3) is 0.0741. The van der Waals surface area contributed by atoms with Crippen LogP contribution in [0.2, 0.25) is 0 Å². The maximum atomic E-state index is 14.5. The van der Waals surface area contributed by atoms with Crippen molar-refractivity contribution in [1.29, 1.82) is 0 Å². The minimum absolute atomic E-state index is 0.0951. The Bertz CT molecular complexity index is 1520. The number of nitrogens with zero attached hydrogens (tertiary/aromatic N) is 1. The SMILES string of the molecule is COc1ccc(-c2ccc3c4c(C(N)=O)cccc4n(Cc4cccc(F)c4F)c3c2)cc1. The van der Waals surface area contributed by atoms with Crippen LogP contribution in [0.1, 0.15) is 15.9 Å². The monoisotopic (exact) mass is 442 g/mol. The van der Waals surface area contributed by atoms with E-state index in [9.17, 15) is 13.6 Å². The van der Waals surface area contributed by atoms with E-state index >= 15 is 0 Å². The molecule has 5 rings (SSSR count). The molecule has 0 spiro atoms. The molecule has 0 bridgehead atoms. The molecule has 6 heteroatoms. The van der Waals surface area contributed by atoms with Crippen molar-refractivity contribution in [2.24, 2.45) is 5.73 Å². The van der Waals surface area contributed by atoms with E-state index in [0.29, 0.717) is 10.9 Å². The first-order chi connectivity index (χ1) is 16.0. The van der Waals surface area contributed by atoms with Crippen LogP contribution in [-0.4, -0.2) is 17.6 Å². The van der Waals surface area contributed by atoms with E-state index in [4.69, 9.17) is 10.5 Å². The number of carbonyl (C=O) groups is 1. The summed E-state index contributed by atoms with van der Waals surface area (Å²) < 4.78 is 35.6. The Kier molecular flexibility index (Phi) is 5.05. The lowest BCUT2D eigenvalue weighted by Gasteiger charge is -2.10. The lowest BCUT2D eigenvalue weighted by molar-refractivity contribution is 0.100. The summed E-state index contributed by atoms with van der Waals surface area (Å²) in [5, 5.41) is 1.51. The van der Waals surface area contributed by atoms with Crippen LogP contribution < -0.4 is 10.5 Å². The molecule has 0 saturated carbocycles. The van der Waals surface area contributed by atoms with Crippen LogP contribution in [0.3, 0.4) is 0 Å². The molecular formula is C27H20F2N2O2. The average Bonchev–Trinajstić information content (AvgIpc) is 3.15. The van der Waals surface area contributed by atoms with Crippen LogP contribution >= 0.6 is 0 Å². The molecular weight excluding hydrogens is 422 g/mol. The Labute approximate surface area is 188 Å². The Balaban J connectivity index is 1.78. The van der Waals surface area contributed by atoms with Crippen LogP contribution in [0.25, 0.3) is 32.9 Å². The highest BCUT2D eigenvalue weighted by molar-refractivity contribution is 6.18. The summed E-state index contributed by atoms with van der Waals surface area (Å²) in [6.07, 6.45) is 0. The Morgan fingerprint density at radius 3 is 2.36 bits per heavy atom. The number of fused-ring (bicyclic) bond motifs is 3. The van der Waals surface area contributed by atoms with Crippen LogP contribution in [0.15, 0.2) is 78.9 Å². The summed E-state index contributed by atoms with van der Waals surface area (Å²) in [4.78, 5) is 12.2. The zero-order valence-corrected chi connectivity index (χ0v) is 17.8. The van der Waals surface area contributed by atoms with Crippen LogP contribution in [-0.2, 0) is 6.54 Å². The van der Waals surface area contributed by atoms with E-state index in [1.165, 1.54) is 6.07 Å². The zero-order chi connectivity index (χ0) is 23.1. The number of primary amides is 1. The van der Waals surface area contributed by atoms with E-state index in [1.54, 1.807) is 25.3 Å². The maximum Gasteiger partial charge on any atom is 0.249 e. The molecule has 1 heterocycles. The standard InChI is InChI=1S/C27H20F2N2O2/c1-33-19-11-8-16(9-12-19)17-10-13-20-24(14-17)31(15-18-4-2-6-22(28)26(18)29)23-7-3-5-21(25(20)23)27(30)32/h2-14H,15H2,1H3,(H2,30,32). The molecule has 5 aromatic rings. The molecule has 0 atom stereocenters. The predicted molar refractivity (Wildman–Crippen MR) is 125 cm³/mol. The van der Waals surface area contributed by atoms with Gasteiger partial charge in [-0.3, -0.25) is 4.79 Å². The van der Waals surface area contributed by atoms with Crippen molar-refractivity contribution >= 4 is 27.7 Å². The summed E-state index contributed by atoms with van der Waals surface area (Å²) in [6.45, 7) is 0.0951. The number of hydrogen-bond acceptors (Lipinski definition) is 2. The number of carbonyl (C=O) groups excluding carboxylic acids is 1. The third-order valence-electron chi connectivity index (χ3n) is 5.94. The van der Waals surface area contributed by atoms with E-state index in [0.717, 1.165) is 39.4 Å². The molecule has 0 radical (unpaired) electrons. The minimum Gasteiger partial charge on any atom is -0.497 e. The maximum absolute atomic E-state index is 14.5. The van der Waals surface area contributed by atoms with Gasteiger partial charge in [0.15, 0.2) is 11.6 Å². The zero-order valence-electron chi connectivity index (χ0n) is 17.8. The second-order valence-electron chi connectivity index (χ2n) is 7.82. The van der Waals surface area contributed by atoms with Crippen molar-refractivity contribution in [1.82, 2.24) is 4.57 Å². The largest absolute Gasteiger partial charge is 0.497 e. The first kappa shape index (κ1) is 20.7. The number of methoxy groups -OCH3 is 1. The van der Waals surface area contributed by atoms with E-state index in [2.05, 4.69) is 0 Å². The van der Waals surface area contributed by atoms with E-state index in [-0.39, 0.29) is 12.1 Å². The number of hydrogen-bond donors (Lipinski definition) is 1. The molecule has 0 aliphatic rings. The van der Waals surface area contributed by atoms with Gasteiger partial charge in [0, 0.05) is 21.9 Å². The third kappa shape index (κ3) is 3.49. The Hall–Kier alpha value is -4.19. The van der Waals surface area contributed by atoms with Gasteiger partial charge < -0.3 is 15.0 Å². The molecule has 33 heavy (non-hydrogen) atoms. The highest BCUT2D eigenvalue weighted by Gasteiger charge is 2.18. The third-order valence-corrected chi connectivity index (χ3v) is 5.94. The van der Waals surface area contributed by atoms with Gasteiger partial charge in [-0.05, 0) is 47.5 Å². The molecule has 4 aromatic carbocycles. The molecule has 0 fully saturated rings. The lowest BCUT2D eigenvalue weighted by Crippen LogP contribution is -2.11. The van der Waals surface area contributed by atoms with Crippen LogP contribution in [0, 0.1) is 11.6 Å². The van der Waals surface area contributed by atoms with Gasteiger partial charge in [0.1, 0.15) is 5.75 Å². The van der Waals surface area contributed by atoms with E-state index < -0.39 is 17.5 Å². The average molecular weight is 442 g/mol. The van der Waals surface area contributed by atoms with Crippen molar-refractivity contribution in [2.75, 3.05) is 7.11 Å². The second-order valence-corrected chi connectivity index (χ2v) is 7.82.